The lowest BCUT2D eigenvalue weighted by Crippen LogP contribution is -1.69. The molecule has 58 valence electrons. The molecule has 0 N–H and O–H groups in total. The summed E-state index contributed by atoms with van der Waals surface area (Å²) in [6.07, 6.45) is 0. The van der Waals surface area contributed by atoms with E-state index in [-0.39, 0.29) is 0 Å². The van der Waals surface area contributed by atoms with E-state index in [4.69, 9.17) is 5.26 Å². The monoisotopic (exact) mass is 237 g/mol. The van der Waals surface area contributed by atoms with Crippen LogP contribution in [0, 0.1) is 11.3 Å². The molecule has 1 heterocycles. The van der Waals surface area contributed by atoms with Crippen molar-refractivity contribution >= 4 is 37.4 Å². The van der Waals surface area contributed by atoms with Crippen molar-refractivity contribution in [3.05, 3.63) is 33.6 Å². The Labute approximate surface area is 82.4 Å². The van der Waals surface area contributed by atoms with Crippen LogP contribution in [0.2, 0.25) is 0 Å². The standard InChI is InChI=1S/C9H4BrNS/c10-8-3-1-2-7-6(4-11)5-12-9(7)8/h1-3,5H. The van der Waals surface area contributed by atoms with E-state index in [2.05, 4.69) is 22.0 Å². The fraction of sp³-hybridized carbons (Fsp3) is 0. The first-order chi connectivity index (χ1) is 5.83. The highest BCUT2D eigenvalue weighted by Crippen LogP contribution is 2.31. The average molecular weight is 238 g/mol. The van der Waals surface area contributed by atoms with Gasteiger partial charge in [0.05, 0.1) is 5.56 Å². The Kier molecular flexibility index (Phi) is 1.87. The van der Waals surface area contributed by atoms with Gasteiger partial charge in [0, 0.05) is 19.9 Å². The van der Waals surface area contributed by atoms with Crippen molar-refractivity contribution < 1.29 is 0 Å². The lowest BCUT2D eigenvalue weighted by Gasteiger charge is -1.91. The Morgan fingerprint density at radius 1 is 1.42 bits per heavy atom. The summed E-state index contributed by atoms with van der Waals surface area (Å²) in [6.45, 7) is 0. The van der Waals surface area contributed by atoms with Crippen LogP contribution in [0.15, 0.2) is 28.1 Å². The molecule has 1 nitrogen and oxygen atoms in total. The van der Waals surface area contributed by atoms with Gasteiger partial charge in [0.15, 0.2) is 0 Å². The molecule has 0 saturated carbocycles. The maximum absolute atomic E-state index is 8.76. The fourth-order valence-electron chi connectivity index (χ4n) is 1.11. The minimum absolute atomic E-state index is 0.760. The molecule has 0 aliphatic carbocycles. The van der Waals surface area contributed by atoms with Gasteiger partial charge in [-0.3, -0.25) is 0 Å². The van der Waals surface area contributed by atoms with Crippen LogP contribution in [-0.4, -0.2) is 0 Å². The number of rotatable bonds is 0. The second kappa shape index (κ2) is 2.89. The molecule has 0 amide bonds. The van der Waals surface area contributed by atoms with E-state index in [9.17, 15) is 0 Å². The lowest BCUT2D eigenvalue weighted by molar-refractivity contribution is 1.52. The Hall–Kier alpha value is -0.850. The quantitative estimate of drug-likeness (QED) is 0.688. The molecule has 2 aromatic rings. The smallest absolute Gasteiger partial charge is 0.101 e. The highest BCUT2D eigenvalue weighted by Gasteiger charge is 2.04. The molecule has 0 aliphatic heterocycles. The fourth-order valence-corrected chi connectivity index (χ4v) is 2.66. The molecule has 0 bridgehead atoms. The Bertz CT molecular complexity index is 467. The van der Waals surface area contributed by atoms with Crippen molar-refractivity contribution in [1.29, 1.82) is 5.26 Å². The zero-order valence-electron chi connectivity index (χ0n) is 6.04. The summed E-state index contributed by atoms with van der Waals surface area (Å²) >= 11 is 5.04. The van der Waals surface area contributed by atoms with Crippen molar-refractivity contribution in [2.24, 2.45) is 0 Å². The van der Waals surface area contributed by atoms with Crippen LogP contribution in [0.4, 0.5) is 0 Å². The van der Waals surface area contributed by atoms with Gasteiger partial charge in [0.1, 0.15) is 6.07 Å². The maximum atomic E-state index is 8.76. The third kappa shape index (κ3) is 1.04. The highest BCUT2D eigenvalue weighted by atomic mass is 79.9. The summed E-state index contributed by atoms with van der Waals surface area (Å²) < 4.78 is 2.21. The predicted octanol–water partition coefficient (Wildman–Crippen LogP) is 3.54. The molecule has 0 fully saturated rings. The SMILES string of the molecule is N#Cc1csc2c(Br)cccc12. The van der Waals surface area contributed by atoms with E-state index >= 15 is 0 Å². The number of nitrogens with zero attached hydrogens (tertiary/aromatic N) is 1. The third-order valence-electron chi connectivity index (χ3n) is 1.67. The van der Waals surface area contributed by atoms with Crippen LogP contribution in [-0.2, 0) is 0 Å². The largest absolute Gasteiger partial charge is 0.192 e. The summed E-state index contributed by atoms with van der Waals surface area (Å²) in [5.74, 6) is 0. The molecule has 0 saturated heterocycles. The molecule has 0 aliphatic rings. The maximum Gasteiger partial charge on any atom is 0.101 e. The molecule has 0 radical (unpaired) electrons. The second-order valence-corrected chi connectivity index (χ2v) is 4.11. The number of benzene rings is 1. The zero-order chi connectivity index (χ0) is 8.55. The summed E-state index contributed by atoms with van der Waals surface area (Å²) in [5, 5.41) is 11.7. The first-order valence-electron chi connectivity index (χ1n) is 3.39. The van der Waals surface area contributed by atoms with Crippen molar-refractivity contribution in [3.63, 3.8) is 0 Å². The number of hydrogen-bond donors (Lipinski definition) is 0. The minimum Gasteiger partial charge on any atom is -0.192 e. The van der Waals surface area contributed by atoms with Gasteiger partial charge in [-0.15, -0.1) is 11.3 Å². The predicted molar refractivity (Wildman–Crippen MR) is 54.2 cm³/mol. The van der Waals surface area contributed by atoms with Crippen molar-refractivity contribution in [1.82, 2.24) is 0 Å². The Morgan fingerprint density at radius 3 is 3.00 bits per heavy atom. The summed E-state index contributed by atoms with van der Waals surface area (Å²) in [7, 11) is 0. The van der Waals surface area contributed by atoms with Crippen LogP contribution in [0.5, 0.6) is 0 Å². The molecule has 2 rings (SSSR count). The van der Waals surface area contributed by atoms with Crippen LogP contribution >= 0.6 is 27.3 Å². The third-order valence-corrected chi connectivity index (χ3v) is 3.62. The molecule has 0 unspecified atom stereocenters. The number of hydrogen-bond acceptors (Lipinski definition) is 2. The number of halogens is 1. The molecule has 12 heavy (non-hydrogen) atoms. The van der Waals surface area contributed by atoms with E-state index in [1.807, 2.05) is 23.6 Å². The van der Waals surface area contributed by atoms with Gasteiger partial charge in [-0.1, -0.05) is 12.1 Å². The molecule has 3 heteroatoms. The van der Waals surface area contributed by atoms with Gasteiger partial charge < -0.3 is 0 Å². The van der Waals surface area contributed by atoms with E-state index < -0.39 is 0 Å². The topological polar surface area (TPSA) is 23.8 Å². The minimum atomic E-state index is 0.760. The molecule has 1 aromatic heterocycles. The number of fused-ring (bicyclic) bond motifs is 1. The van der Waals surface area contributed by atoms with Crippen molar-refractivity contribution in [2.75, 3.05) is 0 Å². The van der Waals surface area contributed by atoms with Gasteiger partial charge >= 0.3 is 0 Å². The van der Waals surface area contributed by atoms with Gasteiger partial charge in [0.2, 0.25) is 0 Å². The van der Waals surface area contributed by atoms with E-state index in [1.54, 1.807) is 11.3 Å². The van der Waals surface area contributed by atoms with Crippen LogP contribution in [0.1, 0.15) is 5.56 Å². The Morgan fingerprint density at radius 2 is 2.25 bits per heavy atom. The lowest BCUT2D eigenvalue weighted by atomic mass is 10.2. The van der Waals surface area contributed by atoms with Gasteiger partial charge in [0.25, 0.3) is 0 Å². The molecule has 0 atom stereocenters. The zero-order valence-corrected chi connectivity index (χ0v) is 8.45. The Balaban J connectivity index is 2.91. The van der Waals surface area contributed by atoms with Crippen molar-refractivity contribution in [3.8, 4) is 6.07 Å². The van der Waals surface area contributed by atoms with E-state index in [1.165, 1.54) is 0 Å². The molecule has 1 aromatic carbocycles. The van der Waals surface area contributed by atoms with Crippen LogP contribution in [0.25, 0.3) is 10.1 Å². The molecular weight excluding hydrogens is 234 g/mol. The van der Waals surface area contributed by atoms with Crippen LogP contribution in [0.3, 0.4) is 0 Å². The van der Waals surface area contributed by atoms with Gasteiger partial charge in [-0.2, -0.15) is 5.26 Å². The van der Waals surface area contributed by atoms with Gasteiger partial charge in [-0.25, -0.2) is 0 Å². The van der Waals surface area contributed by atoms with Gasteiger partial charge in [-0.05, 0) is 22.0 Å². The molecule has 0 spiro atoms. The molecular formula is C9H4BrNS. The number of thiophene rings is 1. The second-order valence-electron chi connectivity index (χ2n) is 2.38. The normalized spacial score (nSPS) is 10.0. The first kappa shape index (κ1) is 7.78. The first-order valence-corrected chi connectivity index (χ1v) is 5.06. The summed E-state index contributed by atoms with van der Waals surface area (Å²) in [5.41, 5.74) is 0.760. The average Bonchev–Trinajstić information content (AvgIpc) is 2.49. The van der Waals surface area contributed by atoms with E-state index in [0.717, 1.165) is 20.1 Å². The van der Waals surface area contributed by atoms with Crippen LogP contribution < -0.4 is 0 Å². The van der Waals surface area contributed by atoms with E-state index in [0.29, 0.717) is 0 Å². The number of nitriles is 1. The van der Waals surface area contributed by atoms with Crippen molar-refractivity contribution in [2.45, 2.75) is 0 Å². The highest BCUT2D eigenvalue weighted by molar-refractivity contribution is 9.10. The summed E-state index contributed by atoms with van der Waals surface area (Å²) in [4.78, 5) is 0. The summed E-state index contributed by atoms with van der Waals surface area (Å²) in [6, 6.07) is 8.06.